The van der Waals surface area contributed by atoms with E-state index in [0.29, 0.717) is 18.5 Å². The van der Waals surface area contributed by atoms with E-state index in [1.807, 2.05) is 18.7 Å². The van der Waals surface area contributed by atoms with Crippen LogP contribution in [0.5, 0.6) is 0 Å². The number of rotatable bonds is 6. The molecular formula is C23H26F3LiN2O3. The Kier molecular flexibility index (Phi) is 8.21. The van der Waals surface area contributed by atoms with Crippen LogP contribution in [0.1, 0.15) is 61.2 Å². The number of halogens is 3. The van der Waals surface area contributed by atoms with Gasteiger partial charge in [0.1, 0.15) is 0 Å². The molecule has 0 bridgehead atoms. The smallest absolute Gasteiger partial charge is 1.00 e. The number of hydrogen-bond acceptors (Lipinski definition) is 3. The molecule has 168 valence electrons. The van der Waals surface area contributed by atoms with Crippen molar-refractivity contribution in [2.45, 2.75) is 51.0 Å². The first-order valence-electron chi connectivity index (χ1n) is 10.1. The first-order chi connectivity index (χ1) is 14.5. The van der Waals surface area contributed by atoms with Gasteiger partial charge >= 0.3 is 31.0 Å². The molecule has 0 saturated carbocycles. The Morgan fingerprint density at radius 2 is 1.88 bits per heavy atom. The first kappa shape index (κ1) is 26.0. The molecular weight excluding hydrogens is 416 g/mol. The Hall–Kier alpha value is -2.27. The summed E-state index contributed by atoms with van der Waals surface area (Å²) < 4.78 is 39.1. The van der Waals surface area contributed by atoms with Crippen LogP contribution in [0.25, 0.3) is 0 Å². The molecule has 2 aromatic carbocycles. The van der Waals surface area contributed by atoms with Gasteiger partial charge in [-0.25, -0.2) is 4.79 Å². The van der Waals surface area contributed by atoms with E-state index in [1.54, 1.807) is 18.2 Å². The summed E-state index contributed by atoms with van der Waals surface area (Å²) in [5, 5.41) is 12.0. The van der Waals surface area contributed by atoms with Crippen LogP contribution in [-0.4, -0.2) is 34.0 Å². The minimum Gasteiger partial charge on any atom is -1.00 e. The molecule has 1 fully saturated rings. The number of nitrogens with zero attached hydrogens (tertiary/aromatic N) is 1. The zero-order valence-corrected chi connectivity index (χ0v) is 18.4. The van der Waals surface area contributed by atoms with E-state index >= 15 is 0 Å². The molecule has 0 spiro atoms. The molecule has 9 heteroatoms. The van der Waals surface area contributed by atoms with Gasteiger partial charge in [0.05, 0.1) is 22.7 Å². The van der Waals surface area contributed by atoms with Crippen LogP contribution in [0.3, 0.4) is 0 Å². The first-order valence-corrected chi connectivity index (χ1v) is 10.1. The van der Waals surface area contributed by atoms with Crippen LogP contribution in [0.15, 0.2) is 48.5 Å². The quantitative estimate of drug-likeness (QED) is 0.669. The van der Waals surface area contributed by atoms with Crippen LogP contribution in [0, 0.1) is 0 Å². The second kappa shape index (κ2) is 10.1. The minimum absolute atomic E-state index is 0. The van der Waals surface area contributed by atoms with Crippen molar-refractivity contribution >= 4 is 11.9 Å². The summed E-state index contributed by atoms with van der Waals surface area (Å²) in [6.07, 6.45) is -3.04. The van der Waals surface area contributed by atoms with Gasteiger partial charge in [-0.2, -0.15) is 13.2 Å². The van der Waals surface area contributed by atoms with E-state index in [0.717, 1.165) is 24.1 Å². The molecule has 2 N–H and O–H groups in total. The maximum atomic E-state index is 13.1. The molecule has 0 aromatic heterocycles. The second-order valence-corrected chi connectivity index (χ2v) is 8.12. The van der Waals surface area contributed by atoms with Crippen LogP contribution in [0.4, 0.5) is 13.2 Å². The van der Waals surface area contributed by atoms with Crippen LogP contribution < -0.4 is 24.2 Å². The van der Waals surface area contributed by atoms with Gasteiger partial charge < -0.3 is 11.8 Å². The molecule has 2 atom stereocenters. The fraction of sp³-hybridized carbons (Fsp3) is 0.391. The molecule has 3 rings (SSSR count). The minimum atomic E-state index is -4.41. The predicted molar refractivity (Wildman–Crippen MR) is 111 cm³/mol. The van der Waals surface area contributed by atoms with E-state index in [4.69, 9.17) is 5.11 Å². The van der Waals surface area contributed by atoms with Gasteiger partial charge in [0, 0.05) is 6.54 Å². The van der Waals surface area contributed by atoms with Crippen molar-refractivity contribution in [1.29, 1.82) is 0 Å². The molecule has 32 heavy (non-hydrogen) atoms. The Morgan fingerprint density at radius 1 is 1.22 bits per heavy atom. The number of carbonyl (C=O) groups excluding carboxylic acids is 1. The third-order valence-corrected chi connectivity index (χ3v) is 5.91. The Bertz CT molecular complexity index is 972. The SMILES string of the molecule is C[C@H](NC(=O)[C@]1(C)CCCN1Cc1cccc(C(F)(F)F)c1)c1ccc(C(=O)O)cc1.[H-].[Li+]. The van der Waals surface area contributed by atoms with Crippen molar-refractivity contribution in [2.24, 2.45) is 0 Å². The summed E-state index contributed by atoms with van der Waals surface area (Å²) in [7, 11) is 0. The van der Waals surface area contributed by atoms with Crippen molar-refractivity contribution in [3.8, 4) is 0 Å². The van der Waals surface area contributed by atoms with Crippen molar-refractivity contribution in [1.82, 2.24) is 10.2 Å². The normalized spacial score (nSPS) is 19.8. The van der Waals surface area contributed by atoms with Crippen molar-refractivity contribution in [2.75, 3.05) is 6.54 Å². The van der Waals surface area contributed by atoms with Gasteiger partial charge in [-0.1, -0.05) is 30.3 Å². The summed E-state index contributed by atoms with van der Waals surface area (Å²) in [5.41, 5.74) is -0.104. The number of benzene rings is 2. The third-order valence-electron chi connectivity index (χ3n) is 5.91. The summed E-state index contributed by atoms with van der Waals surface area (Å²) in [6.45, 7) is 4.48. The number of carboxylic acids is 1. The number of alkyl halides is 3. The summed E-state index contributed by atoms with van der Waals surface area (Å²) in [5.74, 6) is -1.22. The molecule has 0 radical (unpaired) electrons. The van der Waals surface area contributed by atoms with Crippen molar-refractivity contribution in [3.05, 3.63) is 70.8 Å². The fourth-order valence-electron chi connectivity index (χ4n) is 3.95. The van der Waals surface area contributed by atoms with Gasteiger partial charge in [0.2, 0.25) is 5.91 Å². The van der Waals surface area contributed by atoms with E-state index in [1.165, 1.54) is 18.2 Å². The summed E-state index contributed by atoms with van der Waals surface area (Å²) in [4.78, 5) is 26.0. The number of hydrogen-bond donors (Lipinski definition) is 2. The van der Waals surface area contributed by atoms with Gasteiger partial charge in [-0.3, -0.25) is 9.69 Å². The number of carboxylic acid groups (broad SMARTS) is 1. The van der Waals surface area contributed by atoms with E-state index < -0.39 is 23.2 Å². The number of amides is 1. The Labute approximate surface area is 198 Å². The van der Waals surface area contributed by atoms with Crippen LogP contribution in [0.2, 0.25) is 0 Å². The zero-order chi connectivity index (χ0) is 22.8. The topological polar surface area (TPSA) is 69.6 Å². The number of aromatic carboxylic acids is 1. The van der Waals surface area contributed by atoms with Crippen LogP contribution >= 0.6 is 0 Å². The standard InChI is InChI=1S/C23H25F3N2O3.Li.H/c1-15(17-7-9-18(10-8-17)20(29)30)27-21(31)22(2)11-4-12-28(22)14-16-5-3-6-19(13-16)23(24,25)26;;/h3,5-10,13,15H,4,11-12,14H2,1-2H3,(H,27,31)(H,29,30);;/q;+1;-1/t15-,22-;;/m0../s1. The summed E-state index contributed by atoms with van der Waals surface area (Å²) >= 11 is 0. The van der Waals surface area contributed by atoms with E-state index in [2.05, 4.69) is 5.32 Å². The van der Waals surface area contributed by atoms with Crippen molar-refractivity contribution in [3.63, 3.8) is 0 Å². The Balaban J connectivity index is 0.00000272. The second-order valence-electron chi connectivity index (χ2n) is 8.12. The zero-order valence-electron chi connectivity index (χ0n) is 19.4. The van der Waals surface area contributed by atoms with E-state index in [9.17, 15) is 22.8 Å². The molecule has 1 aliphatic rings. The average molecular weight is 442 g/mol. The monoisotopic (exact) mass is 442 g/mol. The molecule has 0 unspecified atom stereocenters. The van der Waals surface area contributed by atoms with Gasteiger partial charge in [-0.15, -0.1) is 0 Å². The summed E-state index contributed by atoms with van der Waals surface area (Å²) in [6, 6.07) is 11.1. The fourth-order valence-corrected chi connectivity index (χ4v) is 3.95. The molecule has 1 saturated heterocycles. The predicted octanol–water partition coefficient (Wildman–Crippen LogP) is 1.75. The van der Waals surface area contributed by atoms with Gasteiger partial charge in [0.25, 0.3) is 0 Å². The van der Waals surface area contributed by atoms with Crippen LogP contribution in [-0.2, 0) is 17.5 Å². The molecule has 5 nitrogen and oxygen atoms in total. The van der Waals surface area contributed by atoms with Gasteiger partial charge in [0.15, 0.2) is 0 Å². The van der Waals surface area contributed by atoms with Crippen molar-refractivity contribution < 1.29 is 48.2 Å². The Morgan fingerprint density at radius 3 is 2.47 bits per heavy atom. The maximum Gasteiger partial charge on any atom is 1.00 e. The third kappa shape index (κ3) is 5.74. The van der Waals surface area contributed by atoms with Gasteiger partial charge in [-0.05, 0) is 62.6 Å². The molecule has 1 heterocycles. The number of nitrogens with one attached hydrogen (secondary N) is 1. The molecule has 1 amide bonds. The largest absolute Gasteiger partial charge is 1.00 e. The number of likely N-dealkylation sites (tertiary alicyclic amines) is 1. The maximum absolute atomic E-state index is 13.1. The molecule has 0 aliphatic carbocycles. The van der Waals surface area contributed by atoms with E-state index in [-0.39, 0.29) is 44.3 Å². The average Bonchev–Trinajstić information content (AvgIpc) is 3.09. The molecule has 2 aromatic rings. The molecule has 1 aliphatic heterocycles. The number of carbonyl (C=O) groups is 2.